The fourth-order valence-electron chi connectivity index (χ4n) is 1.95. The van der Waals surface area contributed by atoms with E-state index in [9.17, 15) is 4.79 Å². The number of rotatable bonds is 1. The minimum atomic E-state index is 0.213. The minimum absolute atomic E-state index is 0.213. The SMILES string of the molecule is C/C=C\[C@@H]1CCCCCN1C(C)=O. The van der Waals surface area contributed by atoms with Gasteiger partial charge in [0, 0.05) is 19.5 Å². The molecule has 1 aliphatic rings. The van der Waals surface area contributed by atoms with Crippen molar-refractivity contribution in [2.24, 2.45) is 0 Å². The minimum Gasteiger partial charge on any atom is -0.337 e. The number of carbonyl (C=O) groups is 1. The zero-order valence-corrected chi connectivity index (χ0v) is 8.62. The number of nitrogens with zero attached hydrogens (tertiary/aromatic N) is 1. The first kappa shape index (κ1) is 10.3. The van der Waals surface area contributed by atoms with Gasteiger partial charge in [-0.15, -0.1) is 0 Å². The van der Waals surface area contributed by atoms with Gasteiger partial charge in [-0.25, -0.2) is 0 Å². The second kappa shape index (κ2) is 5.05. The number of carbonyl (C=O) groups excluding carboxylic acids is 1. The smallest absolute Gasteiger partial charge is 0.219 e. The normalized spacial score (nSPS) is 24.8. The highest BCUT2D eigenvalue weighted by molar-refractivity contribution is 5.73. The van der Waals surface area contributed by atoms with Crippen LogP contribution in [0.4, 0.5) is 0 Å². The van der Waals surface area contributed by atoms with Crippen LogP contribution in [-0.2, 0) is 4.79 Å². The van der Waals surface area contributed by atoms with Crippen LogP contribution in [0.15, 0.2) is 12.2 Å². The summed E-state index contributed by atoms with van der Waals surface area (Å²) >= 11 is 0. The van der Waals surface area contributed by atoms with Gasteiger partial charge >= 0.3 is 0 Å². The van der Waals surface area contributed by atoms with Crippen LogP contribution < -0.4 is 0 Å². The first-order valence-electron chi connectivity index (χ1n) is 5.15. The van der Waals surface area contributed by atoms with Gasteiger partial charge < -0.3 is 4.90 Å². The maximum Gasteiger partial charge on any atom is 0.219 e. The van der Waals surface area contributed by atoms with E-state index in [0.29, 0.717) is 6.04 Å². The highest BCUT2D eigenvalue weighted by Gasteiger charge is 2.19. The van der Waals surface area contributed by atoms with E-state index in [1.54, 1.807) is 6.92 Å². The molecular formula is C11H19NO. The summed E-state index contributed by atoms with van der Waals surface area (Å²) in [5, 5.41) is 0. The van der Waals surface area contributed by atoms with E-state index in [4.69, 9.17) is 0 Å². The summed E-state index contributed by atoms with van der Waals surface area (Å²) in [4.78, 5) is 13.3. The Bertz CT molecular complexity index is 198. The molecule has 1 heterocycles. The average Bonchev–Trinajstić information content (AvgIpc) is 2.30. The zero-order chi connectivity index (χ0) is 9.68. The summed E-state index contributed by atoms with van der Waals surface area (Å²) in [5.74, 6) is 0.213. The molecule has 74 valence electrons. The van der Waals surface area contributed by atoms with E-state index < -0.39 is 0 Å². The van der Waals surface area contributed by atoms with E-state index in [0.717, 1.165) is 19.4 Å². The molecule has 0 radical (unpaired) electrons. The number of amides is 1. The molecule has 13 heavy (non-hydrogen) atoms. The van der Waals surface area contributed by atoms with Gasteiger partial charge in [-0.05, 0) is 19.8 Å². The van der Waals surface area contributed by atoms with Crippen molar-refractivity contribution in [2.75, 3.05) is 6.54 Å². The lowest BCUT2D eigenvalue weighted by molar-refractivity contribution is -0.130. The van der Waals surface area contributed by atoms with Crippen LogP contribution in [0.5, 0.6) is 0 Å². The average molecular weight is 181 g/mol. The molecule has 0 aromatic carbocycles. The van der Waals surface area contributed by atoms with Crippen LogP contribution in [0.25, 0.3) is 0 Å². The molecular weight excluding hydrogens is 162 g/mol. The van der Waals surface area contributed by atoms with E-state index in [-0.39, 0.29) is 5.91 Å². The van der Waals surface area contributed by atoms with Crippen molar-refractivity contribution in [3.05, 3.63) is 12.2 Å². The van der Waals surface area contributed by atoms with Gasteiger partial charge in [-0.1, -0.05) is 25.0 Å². The van der Waals surface area contributed by atoms with Gasteiger partial charge in [0.15, 0.2) is 0 Å². The molecule has 0 aromatic heterocycles. The second-order valence-corrected chi connectivity index (χ2v) is 3.65. The maximum atomic E-state index is 11.3. The van der Waals surface area contributed by atoms with Crippen molar-refractivity contribution in [3.63, 3.8) is 0 Å². The Morgan fingerprint density at radius 2 is 2.15 bits per heavy atom. The fraction of sp³-hybridized carbons (Fsp3) is 0.727. The molecule has 0 bridgehead atoms. The van der Waals surface area contributed by atoms with Gasteiger partial charge in [0.05, 0.1) is 0 Å². The van der Waals surface area contributed by atoms with Gasteiger partial charge in [0.1, 0.15) is 0 Å². The van der Waals surface area contributed by atoms with Crippen LogP contribution in [0, 0.1) is 0 Å². The van der Waals surface area contributed by atoms with Gasteiger partial charge in [0.25, 0.3) is 0 Å². The predicted molar refractivity (Wildman–Crippen MR) is 54.5 cm³/mol. The molecule has 1 amide bonds. The Hall–Kier alpha value is -0.790. The third-order valence-corrected chi connectivity index (χ3v) is 2.62. The Morgan fingerprint density at radius 1 is 1.38 bits per heavy atom. The first-order valence-corrected chi connectivity index (χ1v) is 5.15. The summed E-state index contributed by atoms with van der Waals surface area (Å²) in [5.41, 5.74) is 0. The Kier molecular flexibility index (Phi) is 4.00. The van der Waals surface area contributed by atoms with Crippen molar-refractivity contribution in [2.45, 2.75) is 45.6 Å². The topological polar surface area (TPSA) is 20.3 Å². The predicted octanol–water partition coefficient (Wildman–Crippen LogP) is 2.35. The largest absolute Gasteiger partial charge is 0.337 e. The molecule has 0 saturated carbocycles. The molecule has 1 atom stereocenters. The molecule has 1 rings (SSSR count). The van der Waals surface area contributed by atoms with Crippen LogP contribution in [0.1, 0.15) is 39.5 Å². The van der Waals surface area contributed by atoms with Gasteiger partial charge in [0.2, 0.25) is 5.91 Å². The van der Waals surface area contributed by atoms with E-state index in [1.807, 2.05) is 17.9 Å². The highest BCUT2D eigenvalue weighted by atomic mass is 16.2. The summed E-state index contributed by atoms with van der Waals surface area (Å²) in [6, 6.07) is 0.352. The van der Waals surface area contributed by atoms with Crippen molar-refractivity contribution < 1.29 is 4.79 Å². The summed E-state index contributed by atoms with van der Waals surface area (Å²) in [6.45, 7) is 4.62. The summed E-state index contributed by atoms with van der Waals surface area (Å²) < 4.78 is 0. The number of allylic oxidation sites excluding steroid dienone is 1. The third kappa shape index (κ3) is 2.87. The molecule has 2 nitrogen and oxygen atoms in total. The number of hydrogen-bond acceptors (Lipinski definition) is 1. The molecule has 1 aliphatic heterocycles. The van der Waals surface area contributed by atoms with E-state index in [2.05, 4.69) is 6.08 Å². The van der Waals surface area contributed by atoms with Gasteiger partial charge in [-0.3, -0.25) is 4.79 Å². The van der Waals surface area contributed by atoms with E-state index in [1.165, 1.54) is 12.8 Å². The number of hydrogen-bond donors (Lipinski definition) is 0. The molecule has 1 saturated heterocycles. The summed E-state index contributed by atoms with van der Waals surface area (Å²) in [6.07, 6.45) is 8.99. The lowest BCUT2D eigenvalue weighted by Crippen LogP contribution is -2.37. The molecule has 0 aliphatic carbocycles. The standard InChI is InChI=1S/C11H19NO/c1-3-7-11-8-5-4-6-9-12(11)10(2)13/h3,7,11H,4-6,8-9H2,1-2H3/b7-3-/t11-/m1/s1. The second-order valence-electron chi connectivity index (χ2n) is 3.65. The Morgan fingerprint density at radius 3 is 2.77 bits per heavy atom. The number of likely N-dealkylation sites (tertiary alicyclic amines) is 1. The molecule has 0 unspecified atom stereocenters. The molecule has 0 aromatic rings. The monoisotopic (exact) mass is 181 g/mol. The van der Waals surface area contributed by atoms with Crippen LogP contribution in [-0.4, -0.2) is 23.4 Å². The van der Waals surface area contributed by atoms with Crippen molar-refractivity contribution >= 4 is 5.91 Å². The molecule has 1 fully saturated rings. The molecule has 2 heteroatoms. The van der Waals surface area contributed by atoms with Crippen LogP contribution in [0.2, 0.25) is 0 Å². The Balaban J connectivity index is 2.66. The quantitative estimate of drug-likeness (QED) is 0.569. The summed E-state index contributed by atoms with van der Waals surface area (Å²) in [7, 11) is 0. The zero-order valence-electron chi connectivity index (χ0n) is 8.62. The van der Waals surface area contributed by atoms with Crippen molar-refractivity contribution in [1.82, 2.24) is 4.90 Å². The molecule has 0 N–H and O–H groups in total. The van der Waals surface area contributed by atoms with Gasteiger partial charge in [-0.2, -0.15) is 0 Å². The van der Waals surface area contributed by atoms with E-state index >= 15 is 0 Å². The fourth-order valence-corrected chi connectivity index (χ4v) is 1.95. The van der Waals surface area contributed by atoms with Crippen molar-refractivity contribution in [1.29, 1.82) is 0 Å². The lowest BCUT2D eigenvalue weighted by Gasteiger charge is -2.26. The Labute approximate surface area is 80.6 Å². The first-order chi connectivity index (χ1) is 6.25. The highest BCUT2D eigenvalue weighted by Crippen LogP contribution is 2.17. The maximum absolute atomic E-state index is 11.3. The molecule has 0 spiro atoms. The van der Waals surface area contributed by atoms with Crippen LogP contribution >= 0.6 is 0 Å². The lowest BCUT2D eigenvalue weighted by atomic mass is 10.1. The third-order valence-electron chi connectivity index (χ3n) is 2.62. The van der Waals surface area contributed by atoms with Crippen molar-refractivity contribution in [3.8, 4) is 0 Å². The van der Waals surface area contributed by atoms with Crippen LogP contribution in [0.3, 0.4) is 0 Å².